The molecular weight excluding hydrogens is 769 g/mol. The Morgan fingerprint density at radius 3 is 1.25 bits per heavy atom. The van der Waals surface area contributed by atoms with Crippen molar-refractivity contribution >= 4 is 64.6 Å². The lowest BCUT2D eigenvalue weighted by molar-refractivity contribution is 1.57. The van der Waals surface area contributed by atoms with Crippen molar-refractivity contribution in [1.29, 1.82) is 0 Å². The number of rotatable bonds is 6. The van der Waals surface area contributed by atoms with Crippen LogP contribution in [0, 0.1) is 0 Å². The van der Waals surface area contributed by atoms with Gasteiger partial charge in [-0.25, -0.2) is 0 Å². The largest absolute Gasteiger partial charge is 0.0622 e. The fourth-order valence-corrected chi connectivity index (χ4v) is 10.8. The molecule has 0 aliphatic carbocycles. The zero-order valence-corrected chi connectivity index (χ0v) is 35.1. The Labute approximate surface area is 372 Å². The van der Waals surface area contributed by atoms with Crippen molar-refractivity contribution in [2.45, 2.75) is 0 Å². The van der Waals surface area contributed by atoms with Gasteiger partial charge in [-0.3, -0.25) is 0 Å². The molecule has 0 amide bonds. The highest BCUT2D eigenvalue weighted by atomic mass is 14.3. The van der Waals surface area contributed by atoms with Crippen LogP contribution in [0.15, 0.2) is 243 Å². The molecule has 0 bridgehead atoms. The van der Waals surface area contributed by atoms with E-state index in [-0.39, 0.29) is 0 Å². The van der Waals surface area contributed by atoms with E-state index in [1.54, 1.807) is 0 Å². The predicted molar refractivity (Wildman–Crippen MR) is 275 cm³/mol. The fourth-order valence-electron chi connectivity index (χ4n) is 10.8. The second-order valence-corrected chi connectivity index (χ2v) is 17.1. The fraction of sp³-hybridized carbons (Fsp3) is 0. The maximum absolute atomic E-state index is 2.40. The average Bonchev–Trinajstić information content (AvgIpc) is 3.38. The van der Waals surface area contributed by atoms with Crippen molar-refractivity contribution in [3.05, 3.63) is 243 Å². The molecule has 0 aromatic heterocycles. The summed E-state index contributed by atoms with van der Waals surface area (Å²) < 4.78 is 0. The summed E-state index contributed by atoms with van der Waals surface area (Å²) in [6, 6.07) is 89.8. The minimum atomic E-state index is 1.21. The van der Waals surface area contributed by atoms with Crippen LogP contribution in [0.5, 0.6) is 0 Å². The molecule has 64 heavy (non-hydrogen) atoms. The first-order valence-corrected chi connectivity index (χ1v) is 22.3. The average molecular weight is 809 g/mol. The van der Waals surface area contributed by atoms with Crippen LogP contribution in [0.3, 0.4) is 0 Å². The van der Waals surface area contributed by atoms with Gasteiger partial charge in [0.2, 0.25) is 0 Å². The van der Waals surface area contributed by atoms with Crippen LogP contribution in [-0.2, 0) is 0 Å². The summed E-state index contributed by atoms with van der Waals surface area (Å²) in [6.07, 6.45) is 0. The van der Waals surface area contributed by atoms with Crippen molar-refractivity contribution < 1.29 is 0 Å². The molecule has 13 aromatic carbocycles. The molecule has 0 saturated heterocycles. The van der Waals surface area contributed by atoms with Gasteiger partial charge >= 0.3 is 0 Å². The molecule has 0 unspecified atom stereocenters. The zero-order chi connectivity index (χ0) is 42.1. The highest BCUT2D eigenvalue weighted by Crippen LogP contribution is 2.51. The maximum atomic E-state index is 2.40. The normalized spacial score (nSPS) is 11.8. The zero-order valence-electron chi connectivity index (χ0n) is 35.1. The Morgan fingerprint density at radius 2 is 0.578 bits per heavy atom. The van der Waals surface area contributed by atoms with Crippen LogP contribution < -0.4 is 0 Å². The molecule has 0 radical (unpaired) electrons. The van der Waals surface area contributed by atoms with E-state index >= 15 is 0 Å². The number of benzene rings is 13. The smallest absolute Gasteiger partial charge is 0.00137 e. The Hall–Kier alpha value is -8.32. The van der Waals surface area contributed by atoms with E-state index in [2.05, 4.69) is 243 Å². The minimum absolute atomic E-state index is 1.21. The number of hydrogen-bond acceptors (Lipinski definition) is 0. The van der Waals surface area contributed by atoms with Crippen molar-refractivity contribution in [1.82, 2.24) is 0 Å². The molecule has 13 rings (SSSR count). The highest BCUT2D eigenvalue weighted by Gasteiger charge is 2.23. The molecule has 0 saturated carbocycles. The molecule has 296 valence electrons. The molecule has 0 N–H and O–H groups in total. The third-order valence-corrected chi connectivity index (χ3v) is 13.6. The van der Waals surface area contributed by atoms with E-state index in [0.717, 1.165) is 0 Å². The first-order chi connectivity index (χ1) is 31.8. The number of fused-ring (bicyclic) bond motifs is 5. The first-order valence-electron chi connectivity index (χ1n) is 22.3. The summed E-state index contributed by atoms with van der Waals surface area (Å²) in [5.41, 5.74) is 14.8. The lowest BCUT2D eigenvalue weighted by Crippen LogP contribution is -1.94. The molecule has 0 heteroatoms. The highest BCUT2D eigenvalue weighted by molar-refractivity contribution is 6.41. The van der Waals surface area contributed by atoms with Crippen LogP contribution in [-0.4, -0.2) is 0 Å². The Morgan fingerprint density at radius 1 is 0.156 bits per heavy atom. The van der Waals surface area contributed by atoms with Gasteiger partial charge in [-0.05, 0) is 150 Å². The monoisotopic (exact) mass is 808 g/mol. The summed E-state index contributed by atoms with van der Waals surface area (Å²) in [5, 5.41) is 15.4. The lowest BCUT2D eigenvalue weighted by atomic mass is 9.81. The standard InChI is InChI=1S/C64H40/c1-4-18-41(19-5-1)44-38-45(42-20-6-2-7-21-42)40-46(39-44)48-34-36-58(51-27-13-12-26-50(48)51)62-54-28-14-15-29-56(54)64-60-37-35-52(49-25-11-10-24-47(49)43-22-8-3-9-23-43)53-30-16-31-55(61(53)60)57-32-17-33-59(62)63(57)64/h1-40H. The van der Waals surface area contributed by atoms with Crippen LogP contribution in [0.2, 0.25) is 0 Å². The quantitative estimate of drug-likeness (QED) is 0.116. The van der Waals surface area contributed by atoms with E-state index in [1.165, 1.54) is 131 Å². The van der Waals surface area contributed by atoms with Crippen LogP contribution in [0.1, 0.15) is 0 Å². The molecule has 0 fully saturated rings. The van der Waals surface area contributed by atoms with E-state index in [9.17, 15) is 0 Å². The predicted octanol–water partition coefficient (Wildman–Crippen LogP) is 18.0. The Bertz CT molecular complexity index is 3860. The SMILES string of the molecule is c1ccc(-c2cc(-c3ccccc3)cc(-c3ccc(-c4c5ccccc5c5c6ccc(-c7ccccc7-c7ccccc7)c7cccc(c8cccc4c85)c76)c4ccccc34)c2)cc1. The van der Waals surface area contributed by atoms with E-state index in [4.69, 9.17) is 0 Å². The molecule has 0 heterocycles. The van der Waals surface area contributed by atoms with Gasteiger partial charge in [0.1, 0.15) is 0 Å². The summed E-state index contributed by atoms with van der Waals surface area (Å²) in [5.74, 6) is 0. The molecule has 0 atom stereocenters. The van der Waals surface area contributed by atoms with Crippen molar-refractivity contribution in [3.8, 4) is 66.8 Å². The van der Waals surface area contributed by atoms with Gasteiger partial charge in [-0.15, -0.1) is 0 Å². The molecule has 13 aromatic rings. The summed E-state index contributed by atoms with van der Waals surface area (Å²) in [4.78, 5) is 0. The van der Waals surface area contributed by atoms with Crippen LogP contribution >= 0.6 is 0 Å². The van der Waals surface area contributed by atoms with E-state index < -0.39 is 0 Å². The first kappa shape index (κ1) is 36.3. The van der Waals surface area contributed by atoms with Gasteiger partial charge in [0.05, 0.1) is 0 Å². The Kier molecular flexibility index (Phi) is 8.32. The molecule has 0 spiro atoms. The molecular formula is C64H40. The Balaban J connectivity index is 1.07. The van der Waals surface area contributed by atoms with Crippen molar-refractivity contribution in [3.63, 3.8) is 0 Å². The summed E-state index contributed by atoms with van der Waals surface area (Å²) in [6.45, 7) is 0. The van der Waals surface area contributed by atoms with Gasteiger partial charge in [0.15, 0.2) is 0 Å². The summed E-state index contributed by atoms with van der Waals surface area (Å²) in [7, 11) is 0. The van der Waals surface area contributed by atoms with Crippen LogP contribution in [0.25, 0.3) is 131 Å². The molecule has 0 aliphatic heterocycles. The molecule has 0 aliphatic rings. The second-order valence-electron chi connectivity index (χ2n) is 17.1. The van der Waals surface area contributed by atoms with E-state index in [0.29, 0.717) is 0 Å². The van der Waals surface area contributed by atoms with Crippen LogP contribution in [0.4, 0.5) is 0 Å². The minimum Gasteiger partial charge on any atom is -0.0622 e. The van der Waals surface area contributed by atoms with Gasteiger partial charge in [-0.1, -0.05) is 224 Å². The third kappa shape index (κ3) is 5.63. The second kappa shape index (κ2) is 14.7. The van der Waals surface area contributed by atoms with E-state index in [1.807, 2.05) is 0 Å². The maximum Gasteiger partial charge on any atom is -0.00137 e. The van der Waals surface area contributed by atoms with Crippen molar-refractivity contribution in [2.24, 2.45) is 0 Å². The van der Waals surface area contributed by atoms with Gasteiger partial charge in [-0.2, -0.15) is 0 Å². The molecule has 0 nitrogen and oxygen atoms in total. The topological polar surface area (TPSA) is 0 Å². The number of hydrogen-bond donors (Lipinski definition) is 0. The lowest BCUT2D eigenvalue weighted by Gasteiger charge is -2.22. The van der Waals surface area contributed by atoms with Gasteiger partial charge in [0, 0.05) is 0 Å². The third-order valence-electron chi connectivity index (χ3n) is 13.6. The van der Waals surface area contributed by atoms with Gasteiger partial charge < -0.3 is 0 Å². The summed E-state index contributed by atoms with van der Waals surface area (Å²) >= 11 is 0. The van der Waals surface area contributed by atoms with Gasteiger partial charge in [0.25, 0.3) is 0 Å². The van der Waals surface area contributed by atoms with Crippen molar-refractivity contribution in [2.75, 3.05) is 0 Å².